The first-order valence-electron chi connectivity index (χ1n) is 11.7. The second-order valence-corrected chi connectivity index (χ2v) is 11.6. The van der Waals surface area contributed by atoms with Gasteiger partial charge < -0.3 is 10.1 Å². The molecule has 2 aromatic carbocycles. The Hall–Kier alpha value is -2.25. The molecular formula is C26H33FN2O3S. The summed E-state index contributed by atoms with van der Waals surface area (Å²) in [5.74, 6) is 0.139. The Kier molecular flexibility index (Phi) is 6.91. The Morgan fingerprint density at radius 1 is 1.12 bits per heavy atom. The van der Waals surface area contributed by atoms with Gasteiger partial charge in [0.15, 0.2) is 0 Å². The van der Waals surface area contributed by atoms with Crippen LogP contribution in [0.25, 0.3) is 0 Å². The van der Waals surface area contributed by atoms with E-state index in [-0.39, 0.29) is 24.1 Å². The average molecular weight is 473 g/mol. The van der Waals surface area contributed by atoms with Crippen LogP contribution in [0.5, 0.6) is 0 Å². The summed E-state index contributed by atoms with van der Waals surface area (Å²) in [6, 6.07) is 14.8. The fourth-order valence-electron chi connectivity index (χ4n) is 4.92. The lowest BCUT2D eigenvalue weighted by atomic mass is 9.89. The number of hydrogen-bond acceptors (Lipinski definition) is 4. The van der Waals surface area contributed by atoms with Gasteiger partial charge in [0, 0.05) is 6.42 Å². The van der Waals surface area contributed by atoms with E-state index >= 15 is 0 Å². The molecule has 4 rings (SSSR count). The first kappa shape index (κ1) is 23.9. The number of nitrogens with one attached hydrogen (secondary N) is 1. The number of ether oxygens (including phenoxy) is 1. The van der Waals surface area contributed by atoms with E-state index in [2.05, 4.69) is 21.8 Å². The molecule has 0 amide bonds. The third kappa shape index (κ3) is 5.46. The summed E-state index contributed by atoms with van der Waals surface area (Å²) >= 11 is 0. The summed E-state index contributed by atoms with van der Waals surface area (Å²) in [6.07, 6.45) is 2.81. The van der Waals surface area contributed by atoms with Crippen molar-refractivity contribution in [2.24, 2.45) is 4.40 Å². The number of halogens is 1. The molecule has 1 N–H and O–H groups in total. The Balaban J connectivity index is 1.49. The van der Waals surface area contributed by atoms with E-state index < -0.39 is 20.9 Å². The molecule has 0 bridgehead atoms. The molecule has 1 unspecified atom stereocenters. The van der Waals surface area contributed by atoms with Crippen molar-refractivity contribution in [2.45, 2.75) is 69.1 Å². The lowest BCUT2D eigenvalue weighted by Crippen LogP contribution is -2.50. The van der Waals surface area contributed by atoms with Crippen LogP contribution in [0.4, 0.5) is 4.39 Å². The van der Waals surface area contributed by atoms with Gasteiger partial charge in [-0.1, -0.05) is 49.4 Å². The number of nitrogens with zero attached hydrogens (tertiary/aromatic N) is 1. The first-order chi connectivity index (χ1) is 15.7. The summed E-state index contributed by atoms with van der Waals surface area (Å²) in [5.41, 5.74) is 1.84. The molecule has 5 nitrogen and oxygen atoms in total. The Bertz CT molecular complexity index is 1110. The third-order valence-electron chi connectivity index (χ3n) is 6.87. The van der Waals surface area contributed by atoms with E-state index in [1.54, 1.807) is 32.0 Å². The van der Waals surface area contributed by atoms with E-state index in [4.69, 9.17) is 4.74 Å². The molecule has 0 saturated carbocycles. The quantitative estimate of drug-likeness (QED) is 0.647. The highest BCUT2D eigenvalue weighted by Crippen LogP contribution is 2.34. The van der Waals surface area contributed by atoms with Gasteiger partial charge >= 0.3 is 0 Å². The maximum Gasteiger partial charge on any atom is 0.263 e. The number of piperidine rings is 1. The normalized spacial score (nSPS) is 23.4. The van der Waals surface area contributed by atoms with E-state index in [9.17, 15) is 12.8 Å². The highest BCUT2D eigenvalue weighted by molar-refractivity contribution is 7.91. The highest BCUT2D eigenvalue weighted by Gasteiger charge is 2.46. The molecule has 2 heterocycles. The molecule has 0 spiro atoms. The lowest BCUT2D eigenvalue weighted by molar-refractivity contribution is 0.0803. The minimum Gasteiger partial charge on any atom is -0.473 e. The van der Waals surface area contributed by atoms with Crippen LogP contribution in [0.15, 0.2) is 52.9 Å². The molecule has 7 heteroatoms. The largest absolute Gasteiger partial charge is 0.473 e. The Morgan fingerprint density at radius 3 is 2.42 bits per heavy atom. The van der Waals surface area contributed by atoms with Gasteiger partial charge in [0.2, 0.25) is 5.90 Å². The van der Waals surface area contributed by atoms with E-state index in [0.29, 0.717) is 17.9 Å². The molecule has 1 saturated heterocycles. The van der Waals surface area contributed by atoms with Gasteiger partial charge in [-0.25, -0.2) is 12.8 Å². The molecule has 2 aliphatic heterocycles. The summed E-state index contributed by atoms with van der Waals surface area (Å²) < 4.78 is 50.6. The fraction of sp³-hybridized carbons (Fsp3) is 0.500. The van der Waals surface area contributed by atoms with Crippen LogP contribution in [0, 0.1) is 5.82 Å². The van der Waals surface area contributed by atoms with Crippen LogP contribution in [0.3, 0.4) is 0 Å². The van der Waals surface area contributed by atoms with Crippen molar-refractivity contribution >= 4 is 15.9 Å². The molecule has 0 aliphatic carbocycles. The second kappa shape index (κ2) is 9.55. The minimum absolute atomic E-state index is 0.147. The molecule has 2 atom stereocenters. The zero-order valence-corrected chi connectivity index (χ0v) is 20.4. The molecule has 0 radical (unpaired) electrons. The monoisotopic (exact) mass is 472 g/mol. The molecule has 1 fully saturated rings. The van der Waals surface area contributed by atoms with Crippen molar-refractivity contribution < 1.29 is 17.5 Å². The number of benzene rings is 2. The summed E-state index contributed by atoms with van der Waals surface area (Å²) in [5, 5.41) is 2.59. The van der Waals surface area contributed by atoms with Crippen LogP contribution >= 0.6 is 0 Å². The van der Waals surface area contributed by atoms with Crippen molar-refractivity contribution in [3.63, 3.8) is 0 Å². The predicted molar refractivity (Wildman–Crippen MR) is 130 cm³/mol. The van der Waals surface area contributed by atoms with Crippen LogP contribution in [0.1, 0.15) is 68.6 Å². The number of sulfonamides is 1. The zero-order chi connectivity index (χ0) is 23.6. The molecule has 2 aromatic rings. The van der Waals surface area contributed by atoms with E-state index in [1.807, 2.05) is 19.1 Å². The van der Waals surface area contributed by atoms with Crippen LogP contribution in [-0.2, 0) is 21.2 Å². The van der Waals surface area contributed by atoms with Gasteiger partial charge in [0.1, 0.15) is 16.7 Å². The Morgan fingerprint density at radius 2 is 1.79 bits per heavy atom. The molecule has 0 aromatic heterocycles. The summed E-state index contributed by atoms with van der Waals surface area (Å²) in [4.78, 5) is 0. The van der Waals surface area contributed by atoms with E-state index in [0.717, 1.165) is 31.5 Å². The van der Waals surface area contributed by atoms with Gasteiger partial charge in [0.05, 0.1) is 0 Å². The number of hydrogen-bond donors (Lipinski definition) is 1. The highest BCUT2D eigenvalue weighted by atomic mass is 32.2. The molecule has 33 heavy (non-hydrogen) atoms. The maximum atomic E-state index is 14.1. The van der Waals surface area contributed by atoms with Gasteiger partial charge in [-0.2, -0.15) is 0 Å². The van der Waals surface area contributed by atoms with Crippen LogP contribution < -0.4 is 5.32 Å². The SMILES string of the molecule is C[C@H](CC1=NS(=O)(=O)C(Cc2ccc(C3CCNCC3)cc2)C(C)(C)O1)c1ccccc1F. The van der Waals surface area contributed by atoms with Crippen molar-refractivity contribution in [2.75, 3.05) is 13.1 Å². The molecule has 178 valence electrons. The maximum absolute atomic E-state index is 14.1. The Labute approximate surface area is 196 Å². The zero-order valence-electron chi connectivity index (χ0n) is 19.6. The average Bonchev–Trinajstić information content (AvgIpc) is 2.77. The van der Waals surface area contributed by atoms with Gasteiger partial charge in [-0.15, -0.1) is 4.40 Å². The second-order valence-electron chi connectivity index (χ2n) is 9.79. The standard InChI is InChI=1S/C26H33FN2O3S/c1-18(22-6-4-5-7-23(22)27)16-25-29-33(30,31)24(26(2,3)32-25)17-19-8-10-20(11-9-19)21-12-14-28-15-13-21/h4-11,18,21,24,28H,12-17H2,1-3H3/t18-,24?/m1/s1. The van der Waals surface area contributed by atoms with Gasteiger partial charge in [-0.05, 0) is 80.8 Å². The lowest BCUT2D eigenvalue weighted by Gasteiger charge is -2.37. The van der Waals surface area contributed by atoms with Crippen molar-refractivity contribution in [1.82, 2.24) is 5.32 Å². The van der Waals surface area contributed by atoms with Crippen LogP contribution in [-0.4, -0.2) is 38.3 Å². The summed E-state index contributed by atoms with van der Waals surface area (Å²) in [6.45, 7) is 7.50. The predicted octanol–water partition coefficient (Wildman–Crippen LogP) is 4.93. The third-order valence-corrected chi connectivity index (χ3v) is 8.78. The van der Waals surface area contributed by atoms with E-state index in [1.165, 1.54) is 11.6 Å². The molecular weight excluding hydrogens is 439 g/mol. The van der Waals surface area contributed by atoms with Crippen molar-refractivity contribution in [3.05, 3.63) is 71.0 Å². The number of rotatable bonds is 6. The minimum atomic E-state index is -3.79. The van der Waals surface area contributed by atoms with Crippen molar-refractivity contribution in [3.8, 4) is 0 Å². The van der Waals surface area contributed by atoms with Gasteiger partial charge in [0.25, 0.3) is 10.0 Å². The fourth-order valence-corrected chi connectivity index (χ4v) is 6.62. The van der Waals surface area contributed by atoms with Crippen LogP contribution in [0.2, 0.25) is 0 Å². The smallest absolute Gasteiger partial charge is 0.263 e. The summed E-state index contributed by atoms with van der Waals surface area (Å²) in [7, 11) is -3.79. The topological polar surface area (TPSA) is 67.8 Å². The van der Waals surface area contributed by atoms with Crippen molar-refractivity contribution in [1.29, 1.82) is 0 Å². The first-order valence-corrected chi connectivity index (χ1v) is 13.2. The molecule has 2 aliphatic rings. The van der Waals surface area contributed by atoms with Gasteiger partial charge in [-0.3, -0.25) is 0 Å².